The van der Waals surface area contributed by atoms with Gasteiger partial charge >= 0.3 is 0 Å². The number of rotatable bonds is 5. The minimum Gasteiger partial charge on any atom is -0.354 e. The molecule has 0 radical (unpaired) electrons. The summed E-state index contributed by atoms with van der Waals surface area (Å²) in [6, 6.07) is 0.552. The molecule has 3 N–H and O–H groups in total. The standard InChI is InChI=1S/C14H27N3O/c1-2-17-8-4-6-12(17)10-16-14(18)13-7-3-5-11(13)9-15/h11-13H,2-10,15H2,1H3,(H,16,18). The van der Waals surface area contributed by atoms with Crippen molar-refractivity contribution < 1.29 is 4.79 Å². The van der Waals surface area contributed by atoms with Gasteiger partial charge in [-0.2, -0.15) is 0 Å². The van der Waals surface area contributed by atoms with Gasteiger partial charge in [-0.3, -0.25) is 9.69 Å². The van der Waals surface area contributed by atoms with Gasteiger partial charge in [-0.1, -0.05) is 13.3 Å². The van der Waals surface area contributed by atoms with Crippen molar-refractivity contribution in [1.82, 2.24) is 10.2 Å². The van der Waals surface area contributed by atoms with Gasteiger partial charge in [0.15, 0.2) is 0 Å². The first-order valence-electron chi connectivity index (χ1n) is 7.48. The van der Waals surface area contributed by atoms with Crippen molar-refractivity contribution in [2.24, 2.45) is 17.6 Å². The lowest BCUT2D eigenvalue weighted by atomic mass is 9.95. The highest BCUT2D eigenvalue weighted by molar-refractivity contribution is 5.79. The van der Waals surface area contributed by atoms with Gasteiger partial charge in [0.25, 0.3) is 0 Å². The van der Waals surface area contributed by atoms with Crippen LogP contribution < -0.4 is 11.1 Å². The molecular formula is C14H27N3O. The van der Waals surface area contributed by atoms with Gasteiger partial charge in [0, 0.05) is 18.5 Å². The molecule has 104 valence electrons. The summed E-state index contributed by atoms with van der Waals surface area (Å²) in [4.78, 5) is 14.6. The fraction of sp³-hybridized carbons (Fsp3) is 0.929. The molecule has 0 spiro atoms. The zero-order valence-corrected chi connectivity index (χ0v) is 11.5. The number of carbonyl (C=O) groups excluding carboxylic acids is 1. The monoisotopic (exact) mass is 253 g/mol. The average molecular weight is 253 g/mol. The third-order valence-electron chi connectivity index (χ3n) is 4.72. The van der Waals surface area contributed by atoms with Crippen LogP contribution >= 0.6 is 0 Å². The Morgan fingerprint density at radius 3 is 2.89 bits per heavy atom. The number of hydrogen-bond acceptors (Lipinski definition) is 3. The number of likely N-dealkylation sites (N-methyl/N-ethyl adjacent to an activating group) is 1. The summed E-state index contributed by atoms with van der Waals surface area (Å²) in [5.74, 6) is 0.827. The Morgan fingerprint density at radius 2 is 2.17 bits per heavy atom. The van der Waals surface area contributed by atoms with E-state index >= 15 is 0 Å². The van der Waals surface area contributed by atoms with Crippen molar-refractivity contribution in [3.05, 3.63) is 0 Å². The van der Waals surface area contributed by atoms with Gasteiger partial charge in [-0.15, -0.1) is 0 Å². The lowest BCUT2D eigenvalue weighted by Gasteiger charge is -2.24. The molecule has 2 aliphatic rings. The molecule has 0 aromatic heterocycles. The van der Waals surface area contributed by atoms with Crippen molar-refractivity contribution in [2.75, 3.05) is 26.2 Å². The van der Waals surface area contributed by atoms with E-state index in [1.807, 2.05) is 0 Å². The molecule has 2 fully saturated rings. The minimum atomic E-state index is 0.173. The number of amides is 1. The van der Waals surface area contributed by atoms with E-state index in [0.29, 0.717) is 18.5 Å². The molecule has 1 aliphatic heterocycles. The molecule has 3 unspecified atom stereocenters. The number of nitrogens with two attached hydrogens (primary N) is 1. The fourth-order valence-corrected chi connectivity index (χ4v) is 3.56. The Balaban J connectivity index is 1.77. The maximum atomic E-state index is 12.2. The van der Waals surface area contributed by atoms with Crippen LogP contribution in [0.1, 0.15) is 39.0 Å². The number of hydrogen-bond donors (Lipinski definition) is 2. The van der Waals surface area contributed by atoms with E-state index in [0.717, 1.165) is 32.4 Å². The van der Waals surface area contributed by atoms with E-state index in [4.69, 9.17) is 5.73 Å². The molecule has 1 heterocycles. The van der Waals surface area contributed by atoms with Gasteiger partial charge in [-0.25, -0.2) is 0 Å². The highest BCUT2D eigenvalue weighted by atomic mass is 16.1. The number of likely N-dealkylation sites (tertiary alicyclic amines) is 1. The molecule has 1 amide bonds. The Bertz CT molecular complexity index is 282. The molecule has 18 heavy (non-hydrogen) atoms. The molecule has 4 heteroatoms. The molecule has 1 saturated heterocycles. The van der Waals surface area contributed by atoms with Gasteiger partial charge < -0.3 is 11.1 Å². The molecule has 3 atom stereocenters. The maximum Gasteiger partial charge on any atom is 0.223 e. The molecule has 1 saturated carbocycles. The summed E-state index contributed by atoms with van der Waals surface area (Å²) >= 11 is 0. The average Bonchev–Trinajstić information content (AvgIpc) is 3.03. The topological polar surface area (TPSA) is 58.4 Å². The minimum absolute atomic E-state index is 0.173. The number of carbonyl (C=O) groups is 1. The first-order valence-corrected chi connectivity index (χ1v) is 7.48. The normalized spacial score (nSPS) is 32.9. The summed E-state index contributed by atoms with van der Waals surface area (Å²) in [7, 11) is 0. The molecule has 4 nitrogen and oxygen atoms in total. The van der Waals surface area contributed by atoms with Crippen LogP contribution in [0.15, 0.2) is 0 Å². The SMILES string of the molecule is CCN1CCCC1CNC(=O)C1CCCC1CN. The van der Waals surface area contributed by atoms with Gasteiger partial charge in [0.05, 0.1) is 0 Å². The van der Waals surface area contributed by atoms with E-state index in [1.54, 1.807) is 0 Å². The first kappa shape index (κ1) is 13.8. The summed E-state index contributed by atoms with van der Waals surface area (Å²) < 4.78 is 0. The van der Waals surface area contributed by atoms with Gasteiger partial charge in [0.2, 0.25) is 5.91 Å². The third kappa shape index (κ3) is 3.04. The van der Waals surface area contributed by atoms with Crippen molar-refractivity contribution in [3.8, 4) is 0 Å². The highest BCUT2D eigenvalue weighted by Gasteiger charge is 2.32. The number of nitrogens with one attached hydrogen (secondary N) is 1. The quantitative estimate of drug-likeness (QED) is 0.767. The van der Waals surface area contributed by atoms with E-state index in [9.17, 15) is 4.79 Å². The van der Waals surface area contributed by atoms with Crippen molar-refractivity contribution in [2.45, 2.75) is 45.1 Å². The summed E-state index contributed by atoms with van der Waals surface area (Å²) in [5.41, 5.74) is 5.74. The van der Waals surface area contributed by atoms with Crippen LogP contribution in [0, 0.1) is 11.8 Å². The highest BCUT2D eigenvalue weighted by Crippen LogP contribution is 2.31. The Labute approximate surface area is 110 Å². The molecule has 0 aromatic rings. The Hall–Kier alpha value is -0.610. The van der Waals surface area contributed by atoms with Crippen molar-refractivity contribution in [1.29, 1.82) is 0 Å². The zero-order chi connectivity index (χ0) is 13.0. The summed E-state index contributed by atoms with van der Waals surface area (Å²) in [6.07, 6.45) is 5.79. The second kappa shape index (κ2) is 6.53. The second-order valence-electron chi connectivity index (χ2n) is 5.70. The van der Waals surface area contributed by atoms with Crippen LogP contribution in [-0.4, -0.2) is 43.0 Å². The van der Waals surface area contributed by atoms with Crippen molar-refractivity contribution >= 4 is 5.91 Å². The predicted molar refractivity (Wildman–Crippen MR) is 73.2 cm³/mol. The first-order chi connectivity index (χ1) is 8.76. The lowest BCUT2D eigenvalue weighted by Crippen LogP contribution is -2.43. The van der Waals surface area contributed by atoms with Crippen LogP contribution in [-0.2, 0) is 4.79 Å². The molecule has 0 bridgehead atoms. The largest absolute Gasteiger partial charge is 0.354 e. The molecule has 0 aromatic carbocycles. The maximum absolute atomic E-state index is 12.2. The second-order valence-corrected chi connectivity index (χ2v) is 5.70. The van der Waals surface area contributed by atoms with Gasteiger partial charge in [-0.05, 0) is 51.2 Å². The fourth-order valence-electron chi connectivity index (χ4n) is 3.56. The van der Waals surface area contributed by atoms with Crippen LogP contribution in [0.4, 0.5) is 0 Å². The van der Waals surface area contributed by atoms with E-state index in [1.165, 1.54) is 19.4 Å². The summed E-state index contributed by atoms with van der Waals surface area (Å²) in [5, 5.41) is 3.16. The lowest BCUT2D eigenvalue weighted by molar-refractivity contribution is -0.126. The Kier molecular flexibility index (Phi) is 5.01. The van der Waals surface area contributed by atoms with E-state index in [2.05, 4.69) is 17.1 Å². The smallest absolute Gasteiger partial charge is 0.223 e. The zero-order valence-electron chi connectivity index (χ0n) is 11.5. The van der Waals surface area contributed by atoms with Crippen LogP contribution in [0.3, 0.4) is 0 Å². The van der Waals surface area contributed by atoms with E-state index in [-0.39, 0.29) is 11.8 Å². The van der Waals surface area contributed by atoms with Crippen molar-refractivity contribution in [3.63, 3.8) is 0 Å². The third-order valence-corrected chi connectivity index (χ3v) is 4.72. The van der Waals surface area contributed by atoms with Crippen LogP contribution in [0.2, 0.25) is 0 Å². The predicted octanol–water partition coefficient (Wildman–Crippen LogP) is 0.962. The summed E-state index contributed by atoms with van der Waals surface area (Å²) in [6.45, 7) is 5.95. The van der Waals surface area contributed by atoms with Gasteiger partial charge in [0.1, 0.15) is 0 Å². The van der Waals surface area contributed by atoms with Crippen LogP contribution in [0.25, 0.3) is 0 Å². The van der Waals surface area contributed by atoms with E-state index < -0.39 is 0 Å². The Morgan fingerprint density at radius 1 is 1.33 bits per heavy atom. The molecule has 2 rings (SSSR count). The molecular weight excluding hydrogens is 226 g/mol. The van der Waals surface area contributed by atoms with Crippen LogP contribution in [0.5, 0.6) is 0 Å². The molecule has 1 aliphatic carbocycles. The number of nitrogens with zero attached hydrogens (tertiary/aromatic N) is 1.